The number of aryl methyl sites for hydroxylation is 1. The molecular formula is C17H28N2. The van der Waals surface area contributed by atoms with Crippen molar-refractivity contribution in [2.45, 2.75) is 52.0 Å². The average Bonchev–Trinajstić information content (AvgIpc) is 2.41. The van der Waals surface area contributed by atoms with Crippen LogP contribution in [0, 0.1) is 0 Å². The molecule has 1 atom stereocenters. The van der Waals surface area contributed by atoms with Crippen molar-refractivity contribution >= 4 is 5.69 Å². The van der Waals surface area contributed by atoms with Crippen molar-refractivity contribution in [1.82, 2.24) is 5.32 Å². The summed E-state index contributed by atoms with van der Waals surface area (Å²) < 4.78 is 0. The predicted octanol–water partition coefficient (Wildman–Crippen LogP) is 3.61. The van der Waals surface area contributed by atoms with Crippen molar-refractivity contribution in [3.63, 3.8) is 0 Å². The van der Waals surface area contributed by atoms with Crippen molar-refractivity contribution in [2.24, 2.45) is 0 Å². The topological polar surface area (TPSA) is 15.3 Å². The fourth-order valence-corrected chi connectivity index (χ4v) is 2.87. The first-order valence-corrected chi connectivity index (χ1v) is 7.90. The number of hydrogen-bond donors (Lipinski definition) is 1. The molecule has 19 heavy (non-hydrogen) atoms. The molecule has 0 spiro atoms. The van der Waals surface area contributed by atoms with Crippen molar-refractivity contribution in [1.29, 1.82) is 0 Å². The van der Waals surface area contributed by atoms with E-state index in [9.17, 15) is 0 Å². The third-order valence-electron chi connectivity index (χ3n) is 4.12. The molecule has 2 rings (SSSR count). The van der Waals surface area contributed by atoms with Crippen LogP contribution < -0.4 is 10.2 Å². The quantitative estimate of drug-likeness (QED) is 0.889. The number of rotatable bonds is 4. The van der Waals surface area contributed by atoms with Crippen molar-refractivity contribution < 1.29 is 0 Å². The van der Waals surface area contributed by atoms with Gasteiger partial charge < -0.3 is 10.2 Å². The number of benzene rings is 1. The molecule has 2 heteroatoms. The van der Waals surface area contributed by atoms with Crippen LogP contribution in [-0.4, -0.2) is 25.7 Å². The van der Waals surface area contributed by atoms with E-state index in [4.69, 9.17) is 0 Å². The summed E-state index contributed by atoms with van der Waals surface area (Å²) in [5.74, 6) is 0. The molecule has 1 N–H and O–H groups in total. The Morgan fingerprint density at radius 1 is 1.16 bits per heavy atom. The molecule has 1 aliphatic rings. The Balaban J connectivity index is 1.98. The highest BCUT2D eigenvalue weighted by Gasteiger charge is 2.13. The Morgan fingerprint density at radius 3 is 2.63 bits per heavy atom. The fourth-order valence-electron chi connectivity index (χ4n) is 2.87. The molecule has 1 aliphatic heterocycles. The number of anilines is 1. The highest BCUT2D eigenvalue weighted by molar-refractivity contribution is 5.47. The number of nitrogens with zero attached hydrogens (tertiary/aromatic N) is 1. The standard InChI is InChI=1S/C17H28N2/c1-3-6-15-7-9-17(10-8-15)19-13-5-12-18-16(4-2)11-14-19/h7-10,16,18H,3-6,11-14H2,1-2H3. The molecule has 106 valence electrons. The zero-order valence-corrected chi connectivity index (χ0v) is 12.5. The minimum absolute atomic E-state index is 0.696. The van der Waals surface area contributed by atoms with Gasteiger partial charge in [-0.1, -0.05) is 32.4 Å². The van der Waals surface area contributed by atoms with Gasteiger partial charge in [0.15, 0.2) is 0 Å². The second kappa shape index (κ2) is 7.54. The second-order valence-electron chi connectivity index (χ2n) is 5.61. The van der Waals surface area contributed by atoms with Crippen LogP contribution in [-0.2, 0) is 6.42 Å². The molecule has 0 saturated carbocycles. The Hall–Kier alpha value is -1.02. The molecule has 1 aromatic rings. The normalized spacial score (nSPS) is 20.9. The predicted molar refractivity (Wildman–Crippen MR) is 84.0 cm³/mol. The monoisotopic (exact) mass is 260 g/mol. The summed E-state index contributed by atoms with van der Waals surface area (Å²) in [5, 5.41) is 3.64. The summed E-state index contributed by atoms with van der Waals surface area (Å²) in [7, 11) is 0. The van der Waals surface area contributed by atoms with Crippen LogP contribution in [0.15, 0.2) is 24.3 Å². The van der Waals surface area contributed by atoms with E-state index in [2.05, 4.69) is 48.3 Å². The molecule has 0 amide bonds. The van der Waals surface area contributed by atoms with Crippen LogP contribution >= 0.6 is 0 Å². The van der Waals surface area contributed by atoms with E-state index in [1.807, 2.05) is 0 Å². The summed E-state index contributed by atoms with van der Waals surface area (Å²) in [5.41, 5.74) is 2.86. The molecule has 1 saturated heterocycles. The van der Waals surface area contributed by atoms with Gasteiger partial charge in [-0.25, -0.2) is 0 Å². The van der Waals surface area contributed by atoms with E-state index >= 15 is 0 Å². The molecule has 0 aromatic heterocycles. The SMILES string of the molecule is CCCc1ccc(N2CCCNC(CC)CC2)cc1. The maximum atomic E-state index is 3.64. The molecule has 2 nitrogen and oxygen atoms in total. The molecule has 1 unspecified atom stereocenters. The highest BCUT2D eigenvalue weighted by atomic mass is 15.1. The van der Waals surface area contributed by atoms with Crippen LogP contribution in [0.1, 0.15) is 45.1 Å². The maximum absolute atomic E-state index is 3.64. The van der Waals surface area contributed by atoms with Gasteiger partial charge in [-0.2, -0.15) is 0 Å². The van der Waals surface area contributed by atoms with Crippen LogP contribution in [0.3, 0.4) is 0 Å². The molecule has 0 radical (unpaired) electrons. The lowest BCUT2D eigenvalue weighted by molar-refractivity contribution is 0.439. The lowest BCUT2D eigenvalue weighted by Gasteiger charge is -2.30. The molecule has 0 aliphatic carbocycles. The van der Waals surface area contributed by atoms with E-state index in [0.29, 0.717) is 6.04 Å². The minimum Gasteiger partial charge on any atom is -0.371 e. The Kier molecular flexibility index (Phi) is 5.71. The van der Waals surface area contributed by atoms with Crippen molar-refractivity contribution in [3.8, 4) is 0 Å². The lowest BCUT2D eigenvalue weighted by atomic mass is 10.1. The molecule has 1 aromatic carbocycles. The fraction of sp³-hybridized carbons (Fsp3) is 0.647. The van der Waals surface area contributed by atoms with E-state index in [1.54, 1.807) is 0 Å². The zero-order chi connectivity index (χ0) is 13.5. The minimum atomic E-state index is 0.696. The van der Waals surface area contributed by atoms with Crippen molar-refractivity contribution in [2.75, 3.05) is 24.5 Å². The largest absolute Gasteiger partial charge is 0.371 e. The van der Waals surface area contributed by atoms with Crippen LogP contribution in [0.5, 0.6) is 0 Å². The second-order valence-corrected chi connectivity index (χ2v) is 5.61. The first-order chi connectivity index (χ1) is 9.33. The van der Waals surface area contributed by atoms with Crippen LogP contribution in [0.2, 0.25) is 0 Å². The van der Waals surface area contributed by atoms with Gasteiger partial charge in [-0.15, -0.1) is 0 Å². The molecule has 0 bridgehead atoms. The number of hydrogen-bond acceptors (Lipinski definition) is 2. The number of nitrogens with one attached hydrogen (secondary N) is 1. The first-order valence-electron chi connectivity index (χ1n) is 7.90. The third kappa shape index (κ3) is 4.24. The summed E-state index contributed by atoms with van der Waals surface area (Å²) in [6.07, 6.45) is 6.17. The summed E-state index contributed by atoms with van der Waals surface area (Å²) in [6.45, 7) is 8.03. The Morgan fingerprint density at radius 2 is 1.95 bits per heavy atom. The van der Waals surface area contributed by atoms with E-state index in [-0.39, 0.29) is 0 Å². The van der Waals surface area contributed by atoms with Gasteiger partial charge in [0, 0.05) is 24.8 Å². The van der Waals surface area contributed by atoms with Gasteiger partial charge in [0.1, 0.15) is 0 Å². The molecule has 1 heterocycles. The van der Waals surface area contributed by atoms with E-state index in [0.717, 1.165) is 6.54 Å². The summed E-state index contributed by atoms with van der Waals surface area (Å²) >= 11 is 0. The average molecular weight is 260 g/mol. The molecule has 1 fully saturated rings. The van der Waals surface area contributed by atoms with E-state index < -0.39 is 0 Å². The van der Waals surface area contributed by atoms with Gasteiger partial charge in [0.25, 0.3) is 0 Å². The Labute approximate surface area is 118 Å². The summed E-state index contributed by atoms with van der Waals surface area (Å²) in [4.78, 5) is 2.55. The maximum Gasteiger partial charge on any atom is 0.0366 e. The first kappa shape index (κ1) is 14.4. The van der Waals surface area contributed by atoms with Gasteiger partial charge in [-0.05, 0) is 49.9 Å². The lowest BCUT2D eigenvalue weighted by Crippen LogP contribution is -2.39. The highest BCUT2D eigenvalue weighted by Crippen LogP contribution is 2.18. The van der Waals surface area contributed by atoms with Gasteiger partial charge >= 0.3 is 0 Å². The van der Waals surface area contributed by atoms with Crippen LogP contribution in [0.4, 0.5) is 5.69 Å². The smallest absolute Gasteiger partial charge is 0.0366 e. The van der Waals surface area contributed by atoms with Crippen LogP contribution in [0.25, 0.3) is 0 Å². The zero-order valence-electron chi connectivity index (χ0n) is 12.5. The summed E-state index contributed by atoms with van der Waals surface area (Å²) in [6, 6.07) is 9.91. The van der Waals surface area contributed by atoms with Gasteiger partial charge in [-0.3, -0.25) is 0 Å². The molecular weight excluding hydrogens is 232 g/mol. The van der Waals surface area contributed by atoms with Crippen molar-refractivity contribution in [3.05, 3.63) is 29.8 Å². The third-order valence-corrected chi connectivity index (χ3v) is 4.12. The Bertz CT molecular complexity index is 358. The van der Waals surface area contributed by atoms with E-state index in [1.165, 1.54) is 56.4 Å². The van der Waals surface area contributed by atoms with Gasteiger partial charge in [0.2, 0.25) is 0 Å². The van der Waals surface area contributed by atoms with Gasteiger partial charge in [0.05, 0.1) is 0 Å².